The zero-order valence-electron chi connectivity index (χ0n) is 14.6. The van der Waals surface area contributed by atoms with Crippen LogP contribution in [-0.2, 0) is 13.1 Å². The smallest absolute Gasteiger partial charge is 0.274 e. The number of aromatic nitrogens is 2. The largest absolute Gasteiger partial charge is 0.467 e. The molecule has 0 fully saturated rings. The molecule has 0 aliphatic carbocycles. The number of hydrogen-bond acceptors (Lipinski definition) is 5. The average Bonchev–Trinajstić information content (AvgIpc) is 3.36. The van der Waals surface area contributed by atoms with Crippen LogP contribution >= 0.6 is 0 Å². The van der Waals surface area contributed by atoms with Crippen molar-refractivity contribution < 1.29 is 14.0 Å². The molecule has 0 aliphatic heterocycles. The van der Waals surface area contributed by atoms with Crippen molar-refractivity contribution in [3.05, 3.63) is 71.4 Å². The van der Waals surface area contributed by atoms with E-state index in [2.05, 4.69) is 15.7 Å². The van der Waals surface area contributed by atoms with Gasteiger partial charge in [0.1, 0.15) is 5.76 Å². The van der Waals surface area contributed by atoms with E-state index in [1.807, 2.05) is 13.0 Å². The summed E-state index contributed by atoms with van der Waals surface area (Å²) in [7, 11) is 0. The molecule has 27 heavy (non-hydrogen) atoms. The van der Waals surface area contributed by atoms with Gasteiger partial charge < -0.3 is 15.1 Å². The summed E-state index contributed by atoms with van der Waals surface area (Å²) in [5.74, 6) is -0.250. The van der Waals surface area contributed by atoms with Crippen LogP contribution in [0.3, 0.4) is 0 Å². The van der Waals surface area contributed by atoms with Crippen molar-refractivity contribution in [1.82, 2.24) is 15.1 Å². The predicted octanol–water partition coefficient (Wildman–Crippen LogP) is 2.55. The summed E-state index contributed by atoms with van der Waals surface area (Å²) in [5.41, 5.74) is 1.10. The molecule has 0 aliphatic rings. The van der Waals surface area contributed by atoms with Gasteiger partial charge in [-0.3, -0.25) is 14.3 Å². The monoisotopic (exact) mass is 363 g/mol. The van der Waals surface area contributed by atoms with Gasteiger partial charge in [-0.15, -0.1) is 0 Å². The van der Waals surface area contributed by atoms with Gasteiger partial charge in [-0.05, 0) is 37.3 Å². The minimum Gasteiger partial charge on any atom is -0.467 e. The lowest BCUT2D eigenvalue weighted by atomic mass is 10.1. The van der Waals surface area contributed by atoms with Crippen LogP contribution in [0.5, 0.6) is 0 Å². The number of carbonyl (C=O) groups excluding carboxylic acids is 2. The van der Waals surface area contributed by atoms with Crippen LogP contribution in [0.4, 0.5) is 5.69 Å². The summed E-state index contributed by atoms with van der Waals surface area (Å²) >= 11 is 0. The summed E-state index contributed by atoms with van der Waals surface area (Å²) in [6.45, 7) is 2.63. The molecule has 2 aromatic heterocycles. The second-order valence-corrected chi connectivity index (χ2v) is 5.66. The molecule has 0 radical (unpaired) electrons. The number of hydrogen-bond donors (Lipinski definition) is 2. The van der Waals surface area contributed by atoms with E-state index >= 15 is 0 Å². The molecule has 0 unspecified atom stereocenters. The number of aryl methyl sites for hydroxylation is 1. The Morgan fingerprint density at radius 1 is 1.26 bits per heavy atom. The Hall–Kier alpha value is -3.86. The first kappa shape index (κ1) is 17.9. The quantitative estimate of drug-likeness (QED) is 0.699. The van der Waals surface area contributed by atoms with Crippen LogP contribution in [0, 0.1) is 11.3 Å². The number of benzene rings is 1. The summed E-state index contributed by atoms with van der Waals surface area (Å²) in [6, 6.07) is 11.8. The number of rotatable bonds is 6. The summed E-state index contributed by atoms with van der Waals surface area (Å²) in [6.07, 6.45) is 3.11. The van der Waals surface area contributed by atoms with Crippen LogP contribution in [0.2, 0.25) is 0 Å². The second kappa shape index (κ2) is 8.01. The third-order valence-corrected chi connectivity index (χ3v) is 3.81. The first-order valence-corrected chi connectivity index (χ1v) is 8.30. The normalized spacial score (nSPS) is 10.2. The van der Waals surface area contributed by atoms with Crippen LogP contribution in [0.25, 0.3) is 0 Å². The molecule has 0 saturated carbocycles. The fourth-order valence-corrected chi connectivity index (χ4v) is 2.43. The van der Waals surface area contributed by atoms with Gasteiger partial charge >= 0.3 is 0 Å². The minimum absolute atomic E-state index is 0.105. The Morgan fingerprint density at radius 3 is 2.81 bits per heavy atom. The fraction of sp³-hybridized carbons (Fsp3) is 0.158. The van der Waals surface area contributed by atoms with Gasteiger partial charge in [0.15, 0.2) is 5.69 Å². The van der Waals surface area contributed by atoms with E-state index in [1.165, 1.54) is 12.3 Å². The summed E-state index contributed by atoms with van der Waals surface area (Å²) < 4.78 is 6.74. The first-order chi connectivity index (χ1) is 13.1. The first-order valence-electron chi connectivity index (χ1n) is 8.30. The number of anilines is 1. The fourth-order valence-electron chi connectivity index (χ4n) is 2.43. The molecule has 8 nitrogen and oxygen atoms in total. The Kier molecular flexibility index (Phi) is 5.33. The number of nitrogens with one attached hydrogen (secondary N) is 2. The number of furan rings is 1. The molecule has 8 heteroatoms. The Bertz CT molecular complexity index is 999. The average molecular weight is 363 g/mol. The van der Waals surface area contributed by atoms with E-state index in [-0.39, 0.29) is 12.2 Å². The molecule has 136 valence electrons. The van der Waals surface area contributed by atoms with Crippen molar-refractivity contribution in [3.63, 3.8) is 0 Å². The van der Waals surface area contributed by atoms with Gasteiger partial charge in [-0.25, -0.2) is 0 Å². The van der Waals surface area contributed by atoms with Gasteiger partial charge in [0.05, 0.1) is 30.1 Å². The SMILES string of the molecule is CCn1cc(NC(=O)c2cccc(C#N)c2)c(C(=O)NCc2ccco2)n1. The lowest BCUT2D eigenvalue weighted by molar-refractivity contribution is 0.0943. The minimum atomic E-state index is -0.431. The Morgan fingerprint density at radius 2 is 2.11 bits per heavy atom. The van der Waals surface area contributed by atoms with Crippen molar-refractivity contribution in [3.8, 4) is 6.07 Å². The van der Waals surface area contributed by atoms with E-state index < -0.39 is 11.8 Å². The molecule has 0 bridgehead atoms. The number of nitrogens with zero attached hydrogens (tertiary/aromatic N) is 3. The number of amides is 2. The molecule has 3 aromatic rings. The second-order valence-electron chi connectivity index (χ2n) is 5.66. The third-order valence-electron chi connectivity index (χ3n) is 3.81. The number of carbonyl (C=O) groups is 2. The Balaban J connectivity index is 1.78. The molecule has 2 N–H and O–H groups in total. The molecular formula is C19H17N5O3. The molecule has 2 amide bonds. The van der Waals surface area contributed by atoms with Crippen molar-refractivity contribution in [2.24, 2.45) is 0 Å². The molecule has 3 rings (SSSR count). The predicted molar refractivity (Wildman–Crippen MR) is 96.9 cm³/mol. The van der Waals surface area contributed by atoms with Gasteiger partial charge in [-0.1, -0.05) is 6.07 Å². The maximum absolute atomic E-state index is 12.5. The van der Waals surface area contributed by atoms with Crippen LogP contribution in [0.1, 0.15) is 39.1 Å². The van der Waals surface area contributed by atoms with Gasteiger partial charge in [0.2, 0.25) is 0 Å². The molecule has 0 atom stereocenters. The highest BCUT2D eigenvalue weighted by molar-refractivity contribution is 6.08. The highest BCUT2D eigenvalue weighted by Gasteiger charge is 2.19. The van der Waals surface area contributed by atoms with Crippen molar-refractivity contribution >= 4 is 17.5 Å². The van der Waals surface area contributed by atoms with Crippen LogP contribution in [0.15, 0.2) is 53.3 Å². The third kappa shape index (κ3) is 4.22. The highest BCUT2D eigenvalue weighted by atomic mass is 16.3. The molecule has 0 spiro atoms. The lowest BCUT2D eigenvalue weighted by Gasteiger charge is -2.06. The zero-order chi connectivity index (χ0) is 19.2. The maximum atomic E-state index is 12.5. The van der Waals surface area contributed by atoms with E-state index in [9.17, 15) is 9.59 Å². The van der Waals surface area contributed by atoms with Gasteiger partial charge in [-0.2, -0.15) is 10.4 Å². The Labute approximate surface area is 155 Å². The van der Waals surface area contributed by atoms with E-state index in [0.29, 0.717) is 29.1 Å². The van der Waals surface area contributed by atoms with E-state index in [1.54, 1.807) is 41.2 Å². The van der Waals surface area contributed by atoms with Crippen LogP contribution < -0.4 is 10.6 Å². The van der Waals surface area contributed by atoms with Gasteiger partial charge in [0.25, 0.3) is 11.8 Å². The molecule has 2 heterocycles. The van der Waals surface area contributed by atoms with E-state index in [0.717, 1.165) is 0 Å². The van der Waals surface area contributed by atoms with Gasteiger partial charge in [0, 0.05) is 18.3 Å². The standard InChI is InChI=1S/C19H17N5O3/c1-2-24-12-16(22-18(25)14-6-3-5-13(9-14)10-20)17(23-24)19(26)21-11-15-7-4-8-27-15/h3-9,12H,2,11H2,1H3,(H,21,26)(H,22,25). The van der Waals surface area contributed by atoms with Crippen molar-refractivity contribution in [2.45, 2.75) is 20.0 Å². The highest BCUT2D eigenvalue weighted by Crippen LogP contribution is 2.16. The van der Waals surface area contributed by atoms with Crippen molar-refractivity contribution in [2.75, 3.05) is 5.32 Å². The topological polar surface area (TPSA) is 113 Å². The number of nitriles is 1. The lowest BCUT2D eigenvalue weighted by Crippen LogP contribution is -2.25. The summed E-state index contributed by atoms with van der Waals surface area (Å²) in [4.78, 5) is 25.0. The molecule has 1 aromatic carbocycles. The molecular weight excluding hydrogens is 346 g/mol. The summed E-state index contributed by atoms with van der Waals surface area (Å²) in [5, 5.41) is 18.6. The molecule has 0 saturated heterocycles. The zero-order valence-corrected chi connectivity index (χ0v) is 14.6. The van der Waals surface area contributed by atoms with Crippen molar-refractivity contribution in [1.29, 1.82) is 5.26 Å². The maximum Gasteiger partial charge on any atom is 0.274 e. The van der Waals surface area contributed by atoms with Crippen LogP contribution in [-0.4, -0.2) is 21.6 Å². The van der Waals surface area contributed by atoms with E-state index in [4.69, 9.17) is 9.68 Å².